The average molecular weight is 274 g/mol. The third-order valence-electron chi connectivity index (χ3n) is 2.22. The molecule has 16 heavy (non-hydrogen) atoms. The Labute approximate surface area is 108 Å². The predicted octanol–water partition coefficient (Wildman–Crippen LogP) is 5.02. The van der Waals surface area contributed by atoms with Gasteiger partial charge in [0, 0.05) is 16.1 Å². The van der Waals surface area contributed by atoms with Crippen LogP contribution in [0.25, 0.3) is 11.1 Å². The minimum atomic E-state index is 0.0579. The lowest BCUT2D eigenvalue weighted by Crippen LogP contribution is -1.83. The molecule has 0 saturated carbocycles. The third kappa shape index (κ3) is 1.99. The molecule has 0 aliphatic heterocycles. The Kier molecular flexibility index (Phi) is 3.29. The maximum atomic E-state index is 9.79. The Hall–Kier alpha value is -0.890. The van der Waals surface area contributed by atoms with Crippen LogP contribution in [0.2, 0.25) is 15.1 Å². The molecule has 0 heterocycles. The first kappa shape index (κ1) is 11.6. The highest BCUT2D eigenvalue weighted by molar-refractivity contribution is 6.44. The zero-order valence-corrected chi connectivity index (χ0v) is 10.3. The first-order valence-corrected chi connectivity index (χ1v) is 5.66. The average Bonchev–Trinajstić information content (AvgIpc) is 2.27. The van der Waals surface area contributed by atoms with E-state index >= 15 is 0 Å². The molecule has 0 fully saturated rings. The summed E-state index contributed by atoms with van der Waals surface area (Å²) in [5.74, 6) is 0.0579. The van der Waals surface area contributed by atoms with Crippen LogP contribution < -0.4 is 0 Å². The molecule has 0 atom stereocenters. The van der Waals surface area contributed by atoms with Gasteiger partial charge in [-0.2, -0.15) is 0 Å². The van der Waals surface area contributed by atoms with Crippen molar-refractivity contribution < 1.29 is 5.11 Å². The quantitative estimate of drug-likeness (QED) is 0.773. The monoisotopic (exact) mass is 272 g/mol. The summed E-state index contributed by atoms with van der Waals surface area (Å²) in [4.78, 5) is 0. The molecule has 2 aromatic rings. The van der Waals surface area contributed by atoms with Crippen LogP contribution in [0, 0.1) is 0 Å². The van der Waals surface area contributed by atoms with Crippen LogP contribution in [0.15, 0.2) is 36.4 Å². The third-order valence-corrected chi connectivity index (χ3v) is 3.35. The highest BCUT2D eigenvalue weighted by atomic mass is 35.5. The Morgan fingerprint density at radius 2 is 1.50 bits per heavy atom. The predicted molar refractivity (Wildman–Crippen MR) is 68.6 cm³/mol. The van der Waals surface area contributed by atoms with E-state index in [9.17, 15) is 5.11 Å². The lowest BCUT2D eigenvalue weighted by molar-refractivity contribution is 0.477. The first-order chi connectivity index (χ1) is 7.61. The fraction of sp³-hybridized carbons (Fsp3) is 0. The molecule has 0 aliphatic rings. The van der Waals surface area contributed by atoms with Crippen molar-refractivity contribution in [2.75, 3.05) is 0 Å². The zero-order chi connectivity index (χ0) is 11.7. The Bertz CT molecular complexity index is 538. The van der Waals surface area contributed by atoms with Gasteiger partial charge in [-0.3, -0.25) is 0 Å². The van der Waals surface area contributed by atoms with E-state index in [1.165, 1.54) is 6.07 Å². The zero-order valence-electron chi connectivity index (χ0n) is 8.05. The molecule has 0 unspecified atom stereocenters. The number of hydrogen-bond donors (Lipinski definition) is 1. The smallest absolute Gasteiger partial charge is 0.125 e. The van der Waals surface area contributed by atoms with Gasteiger partial charge < -0.3 is 5.11 Å². The number of phenolic OH excluding ortho intramolecular Hbond substituents is 1. The highest BCUT2D eigenvalue weighted by Gasteiger charge is 2.14. The van der Waals surface area contributed by atoms with Gasteiger partial charge >= 0.3 is 0 Å². The van der Waals surface area contributed by atoms with Crippen molar-refractivity contribution in [3.05, 3.63) is 51.5 Å². The standard InChI is InChI=1S/C12H7Cl3O/c13-8-4-2-1-3-7(8)11-10(16)6-5-9(14)12(11)15/h1-6,16H. The van der Waals surface area contributed by atoms with Gasteiger partial charge in [0.1, 0.15) is 5.75 Å². The van der Waals surface area contributed by atoms with Crippen molar-refractivity contribution in [2.24, 2.45) is 0 Å². The summed E-state index contributed by atoms with van der Waals surface area (Å²) in [5, 5.41) is 11.0. The first-order valence-electron chi connectivity index (χ1n) is 4.53. The van der Waals surface area contributed by atoms with Gasteiger partial charge in [0.05, 0.1) is 10.0 Å². The summed E-state index contributed by atoms with van der Waals surface area (Å²) in [6, 6.07) is 10.2. The van der Waals surface area contributed by atoms with Crippen molar-refractivity contribution in [1.82, 2.24) is 0 Å². The SMILES string of the molecule is Oc1ccc(Cl)c(Cl)c1-c1ccccc1Cl. The van der Waals surface area contributed by atoms with Gasteiger partial charge in [0.15, 0.2) is 0 Å². The van der Waals surface area contributed by atoms with Crippen molar-refractivity contribution in [1.29, 1.82) is 0 Å². The fourth-order valence-electron chi connectivity index (χ4n) is 1.46. The summed E-state index contributed by atoms with van der Waals surface area (Å²) in [6.07, 6.45) is 0. The van der Waals surface area contributed by atoms with Gasteiger partial charge in [0.2, 0.25) is 0 Å². The van der Waals surface area contributed by atoms with Gasteiger partial charge in [0.25, 0.3) is 0 Å². The molecule has 0 amide bonds. The van der Waals surface area contributed by atoms with E-state index in [1.807, 2.05) is 6.07 Å². The highest BCUT2D eigenvalue weighted by Crippen LogP contribution is 2.42. The maximum Gasteiger partial charge on any atom is 0.125 e. The van der Waals surface area contributed by atoms with Gasteiger partial charge in [-0.25, -0.2) is 0 Å². The molecule has 4 heteroatoms. The minimum absolute atomic E-state index is 0.0579. The number of rotatable bonds is 1. The van der Waals surface area contributed by atoms with E-state index in [4.69, 9.17) is 34.8 Å². The minimum Gasteiger partial charge on any atom is -0.507 e. The summed E-state index contributed by atoms with van der Waals surface area (Å²) < 4.78 is 0. The van der Waals surface area contributed by atoms with Crippen LogP contribution in [0.5, 0.6) is 5.75 Å². The summed E-state index contributed by atoms with van der Waals surface area (Å²) in [6.45, 7) is 0. The summed E-state index contributed by atoms with van der Waals surface area (Å²) in [7, 11) is 0. The van der Waals surface area contributed by atoms with E-state index in [2.05, 4.69) is 0 Å². The Balaban J connectivity index is 2.74. The van der Waals surface area contributed by atoms with Gasteiger partial charge in [-0.05, 0) is 18.2 Å². The van der Waals surface area contributed by atoms with E-state index < -0.39 is 0 Å². The molecule has 0 spiro atoms. The normalized spacial score (nSPS) is 10.4. The fourth-order valence-corrected chi connectivity index (χ4v) is 2.11. The molecule has 82 valence electrons. The molecular weight excluding hydrogens is 266 g/mol. The van der Waals surface area contributed by atoms with Crippen LogP contribution in [-0.4, -0.2) is 5.11 Å². The second-order valence-corrected chi connectivity index (χ2v) is 4.43. The van der Waals surface area contributed by atoms with Crippen molar-refractivity contribution in [3.8, 4) is 16.9 Å². The second kappa shape index (κ2) is 4.54. The second-order valence-electron chi connectivity index (χ2n) is 3.24. The van der Waals surface area contributed by atoms with Crippen LogP contribution in [0.4, 0.5) is 0 Å². The molecule has 1 nitrogen and oxygen atoms in total. The Morgan fingerprint density at radius 3 is 2.19 bits per heavy atom. The van der Waals surface area contributed by atoms with E-state index in [1.54, 1.807) is 24.3 Å². The van der Waals surface area contributed by atoms with E-state index in [0.29, 0.717) is 26.2 Å². The molecule has 2 rings (SSSR count). The molecule has 0 saturated heterocycles. The molecule has 2 aromatic carbocycles. The van der Waals surface area contributed by atoms with Gasteiger partial charge in [-0.15, -0.1) is 0 Å². The number of aromatic hydroxyl groups is 1. The number of benzene rings is 2. The molecule has 0 aromatic heterocycles. The topological polar surface area (TPSA) is 20.2 Å². The van der Waals surface area contributed by atoms with E-state index in [0.717, 1.165) is 0 Å². The Morgan fingerprint density at radius 1 is 0.812 bits per heavy atom. The lowest BCUT2D eigenvalue weighted by atomic mass is 10.0. The summed E-state index contributed by atoms with van der Waals surface area (Å²) in [5.41, 5.74) is 1.12. The molecule has 0 radical (unpaired) electrons. The largest absolute Gasteiger partial charge is 0.507 e. The van der Waals surface area contributed by atoms with Crippen molar-refractivity contribution >= 4 is 34.8 Å². The number of hydrogen-bond acceptors (Lipinski definition) is 1. The molecule has 1 N–H and O–H groups in total. The van der Waals surface area contributed by atoms with Crippen molar-refractivity contribution in [3.63, 3.8) is 0 Å². The number of phenols is 1. The van der Waals surface area contributed by atoms with Crippen LogP contribution in [-0.2, 0) is 0 Å². The van der Waals surface area contributed by atoms with Crippen molar-refractivity contribution in [2.45, 2.75) is 0 Å². The van der Waals surface area contributed by atoms with Gasteiger partial charge in [-0.1, -0.05) is 53.0 Å². The maximum absolute atomic E-state index is 9.79. The van der Waals surface area contributed by atoms with Crippen LogP contribution in [0.3, 0.4) is 0 Å². The number of halogens is 3. The molecule has 0 bridgehead atoms. The van der Waals surface area contributed by atoms with Crippen LogP contribution >= 0.6 is 34.8 Å². The van der Waals surface area contributed by atoms with Crippen LogP contribution in [0.1, 0.15) is 0 Å². The summed E-state index contributed by atoms with van der Waals surface area (Å²) >= 11 is 18.0. The lowest BCUT2D eigenvalue weighted by Gasteiger charge is -2.10. The molecule has 0 aliphatic carbocycles. The van der Waals surface area contributed by atoms with E-state index in [-0.39, 0.29) is 5.75 Å². The molecular formula is C12H7Cl3O.